The van der Waals surface area contributed by atoms with E-state index in [1.165, 1.54) is 49.2 Å². The molecular formula is C18H25N3. The van der Waals surface area contributed by atoms with Gasteiger partial charge >= 0.3 is 0 Å². The van der Waals surface area contributed by atoms with E-state index >= 15 is 0 Å². The summed E-state index contributed by atoms with van der Waals surface area (Å²) in [5, 5.41) is 3.49. The van der Waals surface area contributed by atoms with Crippen LogP contribution in [0.4, 0.5) is 0 Å². The number of rotatable bonds is 3. The third kappa shape index (κ3) is 2.06. The van der Waals surface area contributed by atoms with E-state index in [0.717, 1.165) is 11.8 Å². The molecule has 0 saturated carbocycles. The molecule has 0 bridgehead atoms. The van der Waals surface area contributed by atoms with Crippen molar-refractivity contribution in [3.05, 3.63) is 36.0 Å². The van der Waals surface area contributed by atoms with Gasteiger partial charge in [0.15, 0.2) is 0 Å². The number of piperidine rings is 1. The topological polar surface area (TPSA) is 21.9 Å². The quantitative estimate of drug-likeness (QED) is 0.916. The van der Waals surface area contributed by atoms with E-state index < -0.39 is 0 Å². The van der Waals surface area contributed by atoms with E-state index in [1.807, 2.05) is 0 Å². The number of aryl methyl sites for hydroxylation is 1. The SMILES string of the molecule is CC(CC1c2ccccc2-c2cn(C)n21)C1CCNCC1. The molecule has 2 atom stereocenters. The van der Waals surface area contributed by atoms with Crippen molar-refractivity contribution in [2.45, 2.75) is 32.2 Å². The third-order valence-corrected chi connectivity index (χ3v) is 5.57. The lowest BCUT2D eigenvalue weighted by molar-refractivity contribution is 0.235. The Morgan fingerprint density at radius 1 is 1.24 bits per heavy atom. The number of aromatic nitrogens is 2. The van der Waals surface area contributed by atoms with Gasteiger partial charge in [-0.25, -0.2) is 0 Å². The highest BCUT2D eigenvalue weighted by Gasteiger charge is 2.33. The van der Waals surface area contributed by atoms with Gasteiger partial charge in [-0.15, -0.1) is 0 Å². The van der Waals surface area contributed by atoms with Crippen molar-refractivity contribution >= 4 is 0 Å². The summed E-state index contributed by atoms with van der Waals surface area (Å²) in [5.41, 5.74) is 4.38. The van der Waals surface area contributed by atoms with E-state index in [4.69, 9.17) is 0 Å². The Kier molecular flexibility index (Phi) is 3.18. The molecular weight excluding hydrogens is 258 g/mol. The van der Waals surface area contributed by atoms with Gasteiger partial charge in [-0.1, -0.05) is 31.2 Å². The highest BCUT2D eigenvalue weighted by Crippen LogP contribution is 2.44. The second-order valence-electron chi connectivity index (χ2n) is 6.84. The zero-order valence-electron chi connectivity index (χ0n) is 13.0. The molecule has 1 saturated heterocycles. The van der Waals surface area contributed by atoms with E-state index in [0.29, 0.717) is 6.04 Å². The van der Waals surface area contributed by atoms with Crippen LogP contribution < -0.4 is 5.32 Å². The Bertz CT molecular complexity index is 631. The standard InChI is InChI=1S/C18H25N3/c1-13(14-7-9-19-10-8-14)11-17-15-5-3-4-6-16(15)18-12-20(2)21(17)18/h3-6,12-14,17,19H,7-11H2,1-2H3. The number of hydrogen-bond acceptors (Lipinski definition) is 1. The summed E-state index contributed by atoms with van der Waals surface area (Å²) in [4.78, 5) is 0. The van der Waals surface area contributed by atoms with Crippen LogP contribution in [0.5, 0.6) is 0 Å². The zero-order valence-corrected chi connectivity index (χ0v) is 13.0. The second-order valence-corrected chi connectivity index (χ2v) is 6.84. The van der Waals surface area contributed by atoms with Gasteiger partial charge in [0.2, 0.25) is 0 Å². The molecule has 3 heterocycles. The first-order valence-corrected chi connectivity index (χ1v) is 8.29. The van der Waals surface area contributed by atoms with Crippen LogP contribution in [0.25, 0.3) is 11.3 Å². The molecule has 112 valence electrons. The third-order valence-electron chi connectivity index (χ3n) is 5.57. The molecule has 1 N–H and O–H groups in total. The van der Waals surface area contributed by atoms with Crippen molar-refractivity contribution in [2.75, 3.05) is 13.1 Å². The van der Waals surface area contributed by atoms with Gasteiger partial charge < -0.3 is 5.32 Å². The Morgan fingerprint density at radius 2 is 2.00 bits per heavy atom. The van der Waals surface area contributed by atoms with Crippen molar-refractivity contribution in [3.8, 4) is 11.3 Å². The molecule has 1 fully saturated rings. The Morgan fingerprint density at radius 3 is 2.76 bits per heavy atom. The summed E-state index contributed by atoms with van der Waals surface area (Å²) in [6.45, 7) is 4.86. The lowest BCUT2D eigenvalue weighted by Crippen LogP contribution is -2.32. The van der Waals surface area contributed by atoms with Crippen molar-refractivity contribution in [2.24, 2.45) is 18.9 Å². The fourth-order valence-corrected chi connectivity index (χ4v) is 4.33. The first kappa shape index (κ1) is 13.2. The van der Waals surface area contributed by atoms with Crippen LogP contribution >= 0.6 is 0 Å². The molecule has 0 amide bonds. The predicted molar refractivity (Wildman–Crippen MR) is 86.4 cm³/mol. The molecule has 3 heteroatoms. The molecule has 21 heavy (non-hydrogen) atoms. The molecule has 1 aromatic heterocycles. The normalized spacial score (nSPS) is 23.0. The van der Waals surface area contributed by atoms with Gasteiger partial charge in [-0.3, -0.25) is 9.36 Å². The molecule has 0 spiro atoms. The summed E-state index contributed by atoms with van der Waals surface area (Å²) in [6, 6.07) is 9.48. The Labute approximate surface area is 126 Å². The van der Waals surface area contributed by atoms with Crippen LogP contribution in [0.3, 0.4) is 0 Å². The molecule has 1 aromatic carbocycles. The highest BCUT2D eigenvalue weighted by molar-refractivity contribution is 5.69. The minimum absolute atomic E-state index is 0.538. The van der Waals surface area contributed by atoms with E-state index in [-0.39, 0.29) is 0 Å². The van der Waals surface area contributed by atoms with Gasteiger partial charge in [0, 0.05) is 18.8 Å². The van der Waals surface area contributed by atoms with Crippen molar-refractivity contribution < 1.29 is 0 Å². The summed E-state index contributed by atoms with van der Waals surface area (Å²) in [6.07, 6.45) is 6.21. The van der Waals surface area contributed by atoms with Gasteiger partial charge in [0.05, 0.1) is 11.7 Å². The molecule has 2 aliphatic heterocycles. The number of hydrogen-bond donors (Lipinski definition) is 1. The van der Waals surface area contributed by atoms with Crippen LogP contribution in [-0.2, 0) is 7.05 Å². The van der Waals surface area contributed by atoms with Gasteiger partial charge in [-0.2, -0.15) is 0 Å². The number of fused-ring (bicyclic) bond motifs is 3. The summed E-state index contributed by atoms with van der Waals surface area (Å²) in [7, 11) is 2.16. The van der Waals surface area contributed by atoms with E-state index in [2.05, 4.69) is 59.1 Å². The molecule has 2 unspecified atom stereocenters. The fourth-order valence-electron chi connectivity index (χ4n) is 4.33. The largest absolute Gasteiger partial charge is 0.317 e. The maximum atomic E-state index is 3.49. The summed E-state index contributed by atoms with van der Waals surface area (Å²) in [5.74, 6) is 1.68. The fraction of sp³-hybridized carbons (Fsp3) is 0.556. The lowest BCUT2D eigenvalue weighted by atomic mass is 9.81. The Hall–Kier alpha value is -1.48. The highest BCUT2D eigenvalue weighted by atomic mass is 15.4. The predicted octanol–water partition coefficient (Wildman–Crippen LogP) is 3.42. The minimum Gasteiger partial charge on any atom is -0.317 e. The molecule has 2 aromatic rings. The van der Waals surface area contributed by atoms with Crippen LogP contribution in [0.2, 0.25) is 0 Å². The smallest absolute Gasteiger partial charge is 0.0835 e. The van der Waals surface area contributed by atoms with Gasteiger partial charge in [0.25, 0.3) is 0 Å². The number of nitrogens with one attached hydrogen (secondary N) is 1. The van der Waals surface area contributed by atoms with Gasteiger partial charge in [0.1, 0.15) is 0 Å². The first-order valence-electron chi connectivity index (χ1n) is 8.29. The molecule has 4 rings (SSSR count). The van der Waals surface area contributed by atoms with Crippen molar-refractivity contribution in [1.82, 2.24) is 14.7 Å². The summed E-state index contributed by atoms with van der Waals surface area (Å²) < 4.78 is 4.75. The van der Waals surface area contributed by atoms with Crippen LogP contribution in [0.15, 0.2) is 30.5 Å². The number of benzene rings is 1. The number of nitrogens with zero attached hydrogens (tertiary/aromatic N) is 2. The van der Waals surface area contributed by atoms with E-state index in [1.54, 1.807) is 0 Å². The molecule has 0 radical (unpaired) electrons. The molecule has 2 aliphatic rings. The summed E-state index contributed by atoms with van der Waals surface area (Å²) >= 11 is 0. The Balaban J connectivity index is 1.59. The minimum atomic E-state index is 0.538. The maximum absolute atomic E-state index is 3.49. The maximum Gasteiger partial charge on any atom is 0.0835 e. The average molecular weight is 283 g/mol. The lowest BCUT2D eigenvalue weighted by Gasteiger charge is -2.32. The molecule has 3 nitrogen and oxygen atoms in total. The van der Waals surface area contributed by atoms with Crippen LogP contribution in [0.1, 0.15) is 37.8 Å². The average Bonchev–Trinajstić information content (AvgIpc) is 2.77. The second kappa shape index (κ2) is 5.06. The van der Waals surface area contributed by atoms with Crippen LogP contribution in [-0.4, -0.2) is 22.5 Å². The first-order chi connectivity index (χ1) is 10.3. The van der Waals surface area contributed by atoms with E-state index in [9.17, 15) is 0 Å². The van der Waals surface area contributed by atoms with Crippen LogP contribution in [0, 0.1) is 11.8 Å². The van der Waals surface area contributed by atoms with Gasteiger partial charge in [-0.05, 0) is 49.8 Å². The van der Waals surface area contributed by atoms with Crippen molar-refractivity contribution in [3.63, 3.8) is 0 Å². The van der Waals surface area contributed by atoms with Crippen molar-refractivity contribution in [1.29, 1.82) is 0 Å². The zero-order chi connectivity index (χ0) is 14.4. The monoisotopic (exact) mass is 283 g/mol. The molecule has 0 aliphatic carbocycles.